The van der Waals surface area contributed by atoms with Crippen LogP contribution in [-0.4, -0.2) is 23.3 Å². The molecular formula is C15H15N3OS. The second-order valence-corrected chi connectivity index (χ2v) is 5.43. The van der Waals surface area contributed by atoms with Crippen molar-refractivity contribution in [1.29, 1.82) is 0 Å². The number of aryl methyl sites for hydroxylation is 1. The Morgan fingerprint density at radius 2 is 1.90 bits per heavy atom. The maximum absolute atomic E-state index is 5.43. The largest absolute Gasteiger partial charge is 0.446 e. The third-order valence-electron chi connectivity index (χ3n) is 3.31. The fraction of sp³-hybridized carbons (Fsp3) is 0.200. The molecule has 0 aliphatic heterocycles. The first-order valence-electron chi connectivity index (χ1n) is 6.27. The van der Waals surface area contributed by atoms with E-state index in [2.05, 4.69) is 45.4 Å². The Morgan fingerprint density at radius 1 is 1.15 bits per heavy atom. The molecule has 0 spiro atoms. The third-order valence-corrected chi connectivity index (χ3v) is 4.06. The smallest absolute Gasteiger partial charge is 0.231 e. The second kappa shape index (κ2) is 5.17. The Balaban J connectivity index is 2.07. The summed E-state index contributed by atoms with van der Waals surface area (Å²) in [5.74, 6) is 0.859. The van der Waals surface area contributed by atoms with E-state index < -0.39 is 0 Å². The molecule has 0 unspecified atom stereocenters. The third kappa shape index (κ3) is 2.14. The molecule has 0 saturated heterocycles. The van der Waals surface area contributed by atoms with Gasteiger partial charge in [-0.05, 0) is 37.4 Å². The number of nitrogens with zero attached hydrogens (tertiary/aromatic N) is 3. The first-order valence-corrected chi connectivity index (χ1v) is 7.50. The van der Waals surface area contributed by atoms with E-state index >= 15 is 0 Å². The summed E-state index contributed by atoms with van der Waals surface area (Å²) in [6.45, 7) is 2.00. The van der Waals surface area contributed by atoms with E-state index in [9.17, 15) is 0 Å². The monoisotopic (exact) mass is 285 g/mol. The van der Waals surface area contributed by atoms with Crippen molar-refractivity contribution in [2.24, 2.45) is 0 Å². The highest BCUT2D eigenvalue weighted by atomic mass is 32.2. The minimum Gasteiger partial charge on any atom is -0.446 e. The van der Waals surface area contributed by atoms with Crippen LogP contribution in [0.25, 0.3) is 11.1 Å². The van der Waals surface area contributed by atoms with E-state index in [-0.39, 0.29) is 0 Å². The summed E-state index contributed by atoms with van der Waals surface area (Å²) >= 11 is 1.73. The van der Waals surface area contributed by atoms with E-state index in [1.165, 1.54) is 11.2 Å². The Hall–Kier alpha value is -2.01. The van der Waals surface area contributed by atoms with Crippen molar-refractivity contribution in [2.45, 2.75) is 11.8 Å². The quantitative estimate of drug-likeness (QED) is 0.680. The lowest BCUT2D eigenvalue weighted by Gasteiger charge is -2.19. The van der Waals surface area contributed by atoms with Crippen LogP contribution < -0.4 is 4.90 Å². The van der Waals surface area contributed by atoms with Gasteiger partial charge in [0.15, 0.2) is 0 Å². The maximum Gasteiger partial charge on any atom is 0.231 e. The Kier molecular flexibility index (Phi) is 3.36. The van der Waals surface area contributed by atoms with Crippen molar-refractivity contribution >= 4 is 34.4 Å². The molecule has 0 bridgehead atoms. The minimum atomic E-state index is 0.625. The van der Waals surface area contributed by atoms with Gasteiger partial charge in [0.05, 0.1) is 11.6 Å². The number of furan rings is 1. The molecule has 20 heavy (non-hydrogen) atoms. The highest BCUT2D eigenvalue weighted by Crippen LogP contribution is 2.31. The topological polar surface area (TPSA) is 42.2 Å². The lowest BCUT2D eigenvalue weighted by Crippen LogP contribution is -2.11. The van der Waals surface area contributed by atoms with Gasteiger partial charge in [-0.15, -0.1) is 11.8 Å². The van der Waals surface area contributed by atoms with E-state index in [1.54, 1.807) is 18.0 Å². The van der Waals surface area contributed by atoms with E-state index in [4.69, 9.17) is 4.42 Å². The molecule has 0 amide bonds. The van der Waals surface area contributed by atoms with E-state index in [0.717, 1.165) is 22.5 Å². The fourth-order valence-corrected chi connectivity index (χ4v) is 2.59. The molecule has 0 saturated carbocycles. The van der Waals surface area contributed by atoms with Crippen molar-refractivity contribution < 1.29 is 4.42 Å². The van der Waals surface area contributed by atoms with Gasteiger partial charge < -0.3 is 9.32 Å². The van der Waals surface area contributed by atoms with Crippen LogP contribution in [-0.2, 0) is 0 Å². The van der Waals surface area contributed by atoms with Crippen LogP contribution in [0.5, 0.6) is 0 Å². The standard InChI is InChI=1S/C15H15N3OS/c1-10-8-19-15-13(10)14(16-9-17-15)18(2)11-4-6-12(20-3)7-5-11/h4-9H,1-3H3. The van der Waals surface area contributed by atoms with Gasteiger partial charge in [0.2, 0.25) is 5.71 Å². The van der Waals surface area contributed by atoms with Crippen LogP contribution >= 0.6 is 11.8 Å². The second-order valence-electron chi connectivity index (χ2n) is 4.55. The molecule has 0 atom stereocenters. The lowest BCUT2D eigenvalue weighted by molar-refractivity contribution is 0.600. The Bertz CT molecular complexity index is 736. The molecule has 0 N–H and O–H groups in total. The molecule has 3 aromatic rings. The maximum atomic E-state index is 5.43. The summed E-state index contributed by atoms with van der Waals surface area (Å²) in [6, 6.07) is 8.40. The normalized spacial score (nSPS) is 10.9. The van der Waals surface area contributed by atoms with Gasteiger partial charge in [0, 0.05) is 23.2 Å². The highest BCUT2D eigenvalue weighted by Gasteiger charge is 2.14. The summed E-state index contributed by atoms with van der Waals surface area (Å²) in [6.07, 6.45) is 5.32. The molecule has 0 radical (unpaired) electrons. The van der Waals surface area contributed by atoms with Crippen molar-refractivity contribution in [3.63, 3.8) is 0 Å². The Labute approximate surface area is 121 Å². The molecule has 0 fully saturated rings. The summed E-state index contributed by atoms with van der Waals surface area (Å²) in [5.41, 5.74) is 2.76. The lowest BCUT2D eigenvalue weighted by atomic mass is 10.2. The number of fused-ring (bicyclic) bond motifs is 1. The van der Waals surface area contributed by atoms with Crippen molar-refractivity contribution in [3.05, 3.63) is 42.4 Å². The van der Waals surface area contributed by atoms with E-state index in [1.807, 2.05) is 14.0 Å². The average molecular weight is 285 g/mol. The van der Waals surface area contributed by atoms with Crippen molar-refractivity contribution in [2.75, 3.05) is 18.2 Å². The van der Waals surface area contributed by atoms with Gasteiger partial charge >= 0.3 is 0 Å². The van der Waals surface area contributed by atoms with Gasteiger partial charge in [0.25, 0.3) is 0 Å². The number of aromatic nitrogens is 2. The number of thioether (sulfide) groups is 1. The zero-order valence-corrected chi connectivity index (χ0v) is 12.4. The average Bonchev–Trinajstić information content (AvgIpc) is 2.88. The molecule has 0 aliphatic rings. The van der Waals surface area contributed by atoms with Crippen LogP contribution in [0.4, 0.5) is 11.5 Å². The number of hydrogen-bond acceptors (Lipinski definition) is 5. The highest BCUT2D eigenvalue weighted by molar-refractivity contribution is 7.98. The predicted octanol–water partition coefficient (Wildman–Crippen LogP) is 4.02. The molecule has 0 aliphatic carbocycles. The Morgan fingerprint density at radius 3 is 2.60 bits per heavy atom. The van der Waals surface area contributed by atoms with Crippen LogP contribution in [0.15, 0.2) is 46.2 Å². The SMILES string of the molecule is CSc1ccc(N(C)c2ncnc3occ(C)c23)cc1. The molecule has 102 valence electrons. The molecule has 5 heteroatoms. The van der Waals surface area contributed by atoms with Gasteiger partial charge in [-0.25, -0.2) is 9.97 Å². The van der Waals surface area contributed by atoms with Gasteiger partial charge in [-0.2, -0.15) is 0 Å². The summed E-state index contributed by atoms with van der Waals surface area (Å²) in [5, 5.41) is 0.962. The number of anilines is 2. The minimum absolute atomic E-state index is 0.625. The fourth-order valence-electron chi connectivity index (χ4n) is 2.18. The number of rotatable bonds is 3. The van der Waals surface area contributed by atoms with E-state index in [0.29, 0.717) is 5.71 Å². The zero-order valence-electron chi connectivity index (χ0n) is 11.6. The predicted molar refractivity (Wildman–Crippen MR) is 82.8 cm³/mol. The summed E-state index contributed by atoms with van der Waals surface area (Å²) in [7, 11) is 2.00. The van der Waals surface area contributed by atoms with Gasteiger partial charge in [-0.1, -0.05) is 0 Å². The summed E-state index contributed by atoms with van der Waals surface area (Å²) < 4.78 is 5.43. The molecule has 2 heterocycles. The number of hydrogen-bond donors (Lipinski definition) is 0. The first kappa shape index (κ1) is 13.0. The van der Waals surface area contributed by atoms with Crippen LogP contribution in [0.2, 0.25) is 0 Å². The van der Waals surface area contributed by atoms with Gasteiger partial charge in [-0.3, -0.25) is 0 Å². The summed E-state index contributed by atoms with van der Waals surface area (Å²) in [4.78, 5) is 11.9. The molecule has 3 rings (SSSR count). The number of benzene rings is 1. The molecule has 2 aromatic heterocycles. The molecular weight excluding hydrogens is 270 g/mol. The van der Waals surface area contributed by atoms with Crippen LogP contribution in [0.3, 0.4) is 0 Å². The van der Waals surface area contributed by atoms with Crippen molar-refractivity contribution in [3.8, 4) is 0 Å². The van der Waals surface area contributed by atoms with Crippen LogP contribution in [0, 0.1) is 6.92 Å². The van der Waals surface area contributed by atoms with Crippen molar-refractivity contribution in [1.82, 2.24) is 9.97 Å². The zero-order chi connectivity index (χ0) is 14.1. The molecule has 1 aromatic carbocycles. The molecule has 4 nitrogen and oxygen atoms in total. The van der Waals surface area contributed by atoms with Crippen LogP contribution in [0.1, 0.15) is 5.56 Å². The van der Waals surface area contributed by atoms with Gasteiger partial charge in [0.1, 0.15) is 12.1 Å². The first-order chi connectivity index (χ1) is 9.70.